The Hall–Kier alpha value is -4.91. The summed E-state index contributed by atoms with van der Waals surface area (Å²) in [5.74, 6) is 0.869. The summed E-state index contributed by atoms with van der Waals surface area (Å²) in [6, 6.07) is 27.1. The summed E-state index contributed by atoms with van der Waals surface area (Å²) in [4.78, 5) is 31.0. The summed E-state index contributed by atoms with van der Waals surface area (Å²) in [6.45, 7) is 1.63. The largest absolute Gasteiger partial charge is 0.506 e. The number of imidazole rings is 1. The first-order valence-corrected chi connectivity index (χ1v) is 18.4. The van der Waals surface area contributed by atoms with Crippen molar-refractivity contribution in [3.63, 3.8) is 0 Å². The molecule has 1 atom stereocenters. The molecule has 0 aliphatic heterocycles. The summed E-state index contributed by atoms with van der Waals surface area (Å²) >= 11 is 0. The number of amides is 1. The lowest BCUT2D eigenvalue weighted by molar-refractivity contribution is 0.176. The molecule has 13 heteroatoms. The van der Waals surface area contributed by atoms with Crippen molar-refractivity contribution in [1.82, 2.24) is 19.9 Å². The van der Waals surface area contributed by atoms with Crippen LogP contribution in [0.2, 0.25) is 0 Å². The van der Waals surface area contributed by atoms with Crippen LogP contribution < -0.4 is 27.1 Å². The number of pyridine rings is 1. The van der Waals surface area contributed by atoms with Gasteiger partial charge in [0, 0.05) is 42.7 Å². The fourth-order valence-corrected chi connectivity index (χ4v) is 7.69. The molecule has 1 aliphatic rings. The van der Waals surface area contributed by atoms with E-state index >= 15 is 0 Å². The SMILES string of the molecule is Cl.Cl.NC(=O)Oc1cc(CCCCn2cnc3cc(CNC[C@H](O)c4ccc(O)c5[nH]c(=O)ccc45)ccc32)ccc1-c1ccccc1[C@H]1CC[C@H](N)CC1. The number of aryl methyl sites for hydroxylation is 2. The summed E-state index contributed by atoms with van der Waals surface area (Å²) in [5, 5.41) is 25.0. The van der Waals surface area contributed by atoms with E-state index in [0.717, 1.165) is 84.8 Å². The highest BCUT2D eigenvalue weighted by Gasteiger charge is 2.24. The molecule has 7 rings (SSSR count). The lowest BCUT2D eigenvalue weighted by atomic mass is 9.79. The molecule has 4 aromatic carbocycles. The Bertz CT molecular complexity index is 2300. The van der Waals surface area contributed by atoms with Crippen molar-refractivity contribution in [2.75, 3.05) is 6.54 Å². The van der Waals surface area contributed by atoms with E-state index in [-0.39, 0.29) is 48.7 Å². The minimum Gasteiger partial charge on any atom is -0.506 e. The number of aliphatic hydroxyl groups is 1. The normalized spacial score (nSPS) is 16.0. The average Bonchev–Trinajstić information content (AvgIpc) is 3.56. The fourth-order valence-electron chi connectivity index (χ4n) is 7.69. The number of aromatic amines is 1. The van der Waals surface area contributed by atoms with Gasteiger partial charge in [-0.25, -0.2) is 9.78 Å². The number of aliphatic hydroxyl groups excluding tert-OH is 1. The van der Waals surface area contributed by atoms with Crippen LogP contribution in [0.15, 0.2) is 96.1 Å². The molecule has 6 aromatic rings. The molecule has 0 radical (unpaired) electrons. The van der Waals surface area contributed by atoms with E-state index in [1.54, 1.807) is 12.1 Å². The lowest BCUT2D eigenvalue weighted by Crippen LogP contribution is -2.25. The number of primary amides is 1. The average molecular weight is 788 g/mol. The zero-order valence-electron chi connectivity index (χ0n) is 30.4. The zero-order chi connectivity index (χ0) is 36.9. The number of fused-ring (bicyclic) bond motifs is 2. The van der Waals surface area contributed by atoms with Gasteiger partial charge in [0.05, 0.1) is 29.0 Å². The highest BCUT2D eigenvalue weighted by atomic mass is 35.5. The number of aromatic nitrogens is 3. The third-order valence-electron chi connectivity index (χ3n) is 10.5. The lowest BCUT2D eigenvalue weighted by Gasteiger charge is -2.28. The van der Waals surface area contributed by atoms with Crippen LogP contribution in [0.1, 0.15) is 72.8 Å². The topological polar surface area (TPSA) is 182 Å². The predicted octanol–water partition coefficient (Wildman–Crippen LogP) is 7.38. The zero-order valence-corrected chi connectivity index (χ0v) is 32.1. The highest BCUT2D eigenvalue weighted by Crippen LogP contribution is 2.41. The van der Waals surface area contributed by atoms with Crippen LogP contribution in [0.3, 0.4) is 0 Å². The van der Waals surface area contributed by atoms with Gasteiger partial charge in [-0.2, -0.15) is 0 Å². The minimum atomic E-state index is -0.838. The van der Waals surface area contributed by atoms with Gasteiger partial charge in [0.2, 0.25) is 5.56 Å². The van der Waals surface area contributed by atoms with Gasteiger partial charge in [0.25, 0.3) is 0 Å². The first-order valence-electron chi connectivity index (χ1n) is 18.4. The number of carbonyl (C=O) groups excluding carboxylic acids is 1. The van der Waals surface area contributed by atoms with E-state index < -0.39 is 12.2 Å². The Morgan fingerprint density at radius 2 is 1.73 bits per heavy atom. The Morgan fingerprint density at radius 1 is 0.945 bits per heavy atom. The molecule has 1 fully saturated rings. The monoisotopic (exact) mass is 786 g/mol. The molecule has 8 N–H and O–H groups in total. The molecule has 0 spiro atoms. The molecule has 11 nitrogen and oxygen atoms in total. The maximum absolute atomic E-state index is 11.9. The van der Waals surface area contributed by atoms with Gasteiger partial charge in [-0.05, 0) is 109 Å². The van der Waals surface area contributed by atoms with Crippen LogP contribution in [0, 0.1) is 0 Å². The van der Waals surface area contributed by atoms with Crippen LogP contribution in [0.4, 0.5) is 4.79 Å². The molecule has 2 heterocycles. The van der Waals surface area contributed by atoms with Crippen LogP contribution in [-0.4, -0.2) is 43.4 Å². The number of ether oxygens (including phenoxy) is 1. The Balaban J connectivity index is 0.00000290. The van der Waals surface area contributed by atoms with E-state index in [9.17, 15) is 19.8 Å². The second-order valence-corrected chi connectivity index (χ2v) is 14.1. The molecule has 2 aromatic heterocycles. The van der Waals surface area contributed by atoms with Crippen LogP contribution >= 0.6 is 24.8 Å². The second kappa shape index (κ2) is 18.6. The number of carbonyl (C=O) groups is 1. The highest BCUT2D eigenvalue weighted by molar-refractivity contribution is 5.87. The molecular weight excluding hydrogens is 739 g/mol. The number of benzene rings is 4. The number of nitrogens with one attached hydrogen (secondary N) is 2. The standard InChI is InChI=1S/C42H46N6O5.2ClH/c43-29-12-10-28(11-13-29)30-6-1-2-7-31(30)33-14-8-26(22-39(33)53-42(44)52)5-3-4-20-48-25-46-35-21-27(9-17-36(35)48)23-45-24-38(50)32-15-18-37(49)41-34(32)16-19-40(51)47-41;;/h1-2,6-9,14-19,21-22,25,28-29,38,45,49-50H,3-5,10-13,20,23-24,43H2,(H2,44,52)(H,47,51);2*1H/t28-,29-,38-;;/m0../s1. The molecule has 0 unspecified atom stereocenters. The predicted molar refractivity (Wildman–Crippen MR) is 221 cm³/mol. The first-order chi connectivity index (χ1) is 25.7. The number of unbranched alkanes of at least 4 members (excludes halogenated alkanes) is 1. The number of hydrogen-bond donors (Lipinski definition) is 6. The second-order valence-electron chi connectivity index (χ2n) is 14.1. The smallest absolute Gasteiger partial charge is 0.409 e. The maximum Gasteiger partial charge on any atom is 0.409 e. The number of rotatable bonds is 13. The van der Waals surface area contributed by atoms with E-state index in [1.165, 1.54) is 17.7 Å². The van der Waals surface area contributed by atoms with Crippen molar-refractivity contribution in [3.05, 3.63) is 124 Å². The quantitative estimate of drug-likeness (QED) is 0.0656. The molecule has 290 valence electrons. The van der Waals surface area contributed by atoms with Crippen molar-refractivity contribution in [2.24, 2.45) is 11.5 Å². The van der Waals surface area contributed by atoms with Crippen LogP contribution in [0.5, 0.6) is 11.5 Å². The number of H-pyrrole nitrogens is 1. The van der Waals surface area contributed by atoms with Crippen molar-refractivity contribution in [1.29, 1.82) is 0 Å². The maximum atomic E-state index is 11.9. The van der Waals surface area contributed by atoms with E-state index in [4.69, 9.17) is 16.2 Å². The van der Waals surface area contributed by atoms with E-state index in [0.29, 0.717) is 34.7 Å². The number of nitrogens with zero attached hydrogens (tertiary/aromatic N) is 2. The fraction of sp³-hybridized carbons (Fsp3) is 0.310. The van der Waals surface area contributed by atoms with Crippen molar-refractivity contribution < 1.29 is 19.7 Å². The van der Waals surface area contributed by atoms with Gasteiger partial charge in [0.15, 0.2) is 0 Å². The Morgan fingerprint density at radius 3 is 2.53 bits per heavy atom. The molecule has 1 saturated carbocycles. The van der Waals surface area contributed by atoms with Crippen LogP contribution in [-0.2, 0) is 19.5 Å². The summed E-state index contributed by atoms with van der Waals surface area (Å²) < 4.78 is 7.74. The number of phenolic OH excluding ortho intramolecular Hbond substituents is 1. The molecule has 0 bridgehead atoms. The Labute approximate surface area is 331 Å². The first kappa shape index (κ1) is 41.3. The minimum absolute atomic E-state index is 0. The number of aromatic hydroxyl groups is 1. The third kappa shape index (κ3) is 9.67. The summed E-state index contributed by atoms with van der Waals surface area (Å²) in [5.41, 5.74) is 19.6. The molecule has 0 saturated heterocycles. The van der Waals surface area contributed by atoms with Crippen molar-refractivity contribution in [2.45, 2.75) is 76.1 Å². The number of nitrogens with two attached hydrogens (primary N) is 2. The summed E-state index contributed by atoms with van der Waals surface area (Å²) in [7, 11) is 0. The van der Waals surface area contributed by atoms with Gasteiger partial charge in [-0.15, -0.1) is 24.8 Å². The number of halogens is 2. The Kier molecular flexibility index (Phi) is 14.0. The van der Waals surface area contributed by atoms with Crippen molar-refractivity contribution >= 4 is 52.8 Å². The van der Waals surface area contributed by atoms with Crippen LogP contribution in [0.25, 0.3) is 33.1 Å². The molecule has 1 aliphatic carbocycles. The molecular formula is C42H48Cl2N6O5. The number of phenols is 1. The van der Waals surface area contributed by atoms with Gasteiger partial charge < -0.3 is 41.3 Å². The van der Waals surface area contributed by atoms with E-state index in [1.807, 2.05) is 18.5 Å². The van der Waals surface area contributed by atoms with Gasteiger partial charge in [0.1, 0.15) is 11.5 Å². The third-order valence-corrected chi connectivity index (χ3v) is 10.5. The number of hydrogen-bond acceptors (Lipinski definition) is 8. The van der Waals surface area contributed by atoms with Gasteiger partial charge in [-0.3, -0.25) is 4.79 Å². The van der Waals surface area contributed by atoms with E-state index in [2.05, 4.69) is 68.4 Å². The molecule has 1 amide bonds. The molecule has 55 heavy (non-hydrogen) atoms. The van der Waals surface area contributed by atoms with Gasteiger partial charge >= 0.3 is 6.09 Å². The van der Waals surface area contributed by atoms with Gasteiger partial charge in [-0.1, -0.05) is 48.5 Å². The summed E-state index contributed by atoms with van der Waals surface area (Å²) in [6.07, 6.45) is 7.02. The van der Waals surface area contributed by atoms with Crippen molar-refractivity contribution in [3.8, 4) is 22.6 Å².